The van der Waals surface area contributed by atoms with Crippen LogP contribution in [0.15, 0.2) is 53.1 Å². The maximum absolute atomic E-state index is 12.0. The van der Waals surface area contributed by atoms with E-state index in [1.807, 2.05) is 36.4 Å². The lowest BCUT2D eigenvalue weighted by Crippen LogP contribution is -2.24. The third-order valence-electron chi connectivity index (χ3n) is 3.52. The van der Waals surface area contributed by atoms with Crippen LogP contribution in [0.4, 0.5) is 5.95 Å². The fourth-order valence-electron chi connectivity index (χ4n) is 2.28. The van der Waals surface area contributed by atoms with Gasteiger partial charge in [-0.15, -0.1) is 10.2 Å². The molecule has 2 heterocycles. The van der Waals surface area contributed by atoms with Crippen LogP contribution in [0.5, 0.6) is 0 Å². The Kier molecular flexibility index (Phi) is 5.39. The van der Waals surface area contributed by atoms with Gasteiger partial charge in [0.15, 0.2) is 5.65 Å². The number of benzene rings is 1. The van der Waals surface area contributed by atoms with Crippen LogP contribution in [0, 0.1) is 0 Å². The molecule has 1 aromatic carbocycles. The van der Waals surface area contributed by atoms with E-state index in [2.05, 4.69) is 36.8 Å². The number of aromatic nitrogens is 3. The molecule has 128 valence electrons. The molecule has 2 N–H and O–H groups in total. The van der Waals surface area contributed by atoms with Crippen LogP contribution in [0.1, 0.15) is 18.4 Å². The Morgan fingerprint density at radius 2 is 1.88 bits per heavy atom. The summed E-state index contributed by atoms with van der Waals surface area (Å²) in [4.78, 5) is 23.9. The monoisotopic (exact) mass is 401 g/mol. The SMILES string of the molecule is O=C(CCC(=O)Nc1nnc2ccccn12)NCc1cccc(Br)c1. The number of hydrogen-bond acceptors (Lipinski definition) is 4. The number of rotatable bonds is 6. The highest BCUT2D eigenvalue weighted by Gasteiger charge is 2.11. The minimum atomic E-state index is -0.282. The number of amides is 2. The topological polar surface area (TPSA) is 88.4 Å². The predicted molar refractivity (Wildman–Crippen MR) is 96.8 cm³/mol. The summed E-state index contributed by atoms with van der Waals surface area (Å²) in [5.41, 5.74) is 1.63. The van der Waals surface area contributed by atoms with Gasteiger partial charge in [-0.05, 0) is 29.8 Å². The van der Waals surface area contributed by atoms with E-state index in [1.165, 1.54) is 0 Å². The summed E-state index contributed by atoms with van der Waals surface area (Å²) in [5.74, 6) is -0.118. The van der Waals surface area contributed by atoms with Crippen LogP contribution in [-0.2, 0) is 16.1 Å². The van der Waals surface area contributed by atoms with Gasteiger partial charge in [0, 0.05) is 30.1 Å². The van der Waals surface area contributed by atoms with Crippen molar-refractivity contribution in [1.29, 1.82) is 0 Å². The summed E-state index contributed by atoms with van der Waals surface area (Å²) < 4.78 is 2.63. The number of carbonyl (C=O) groups is 2. The number of halogens is 1. The molecule has 0 saturated carbocycles. The van der Waals surface area contributed by atoms with Crippen molar-refractivity contribution in [3.05, 3.63) is 58.7 Å². The third-order valence-corrected chi connectivity index (χ3v) is 4.02. The Labute approximate surface area is 152 Å². The Bertz CT molecular complexity index is 909. The highest BCUT2D eigenvalue weighted by atomic mass is 79.9. The minimum Gasteiger partial charge on any atom is -0.352 e. The number of hydrogen-bond donors (Lipinski definition) is 2. The van der Waals surface area contributed by atoms with Gasteiger partial charge < -0.3 is 5.32 Å². The van der Waals surface area contributed by atoms with Crippen molar-refractivity contribution >= 4 is 39.3 Å². The first-order valence-corrected chi connectivity index (χ1v) is 8.52. The molecule has 0 spiro atoms. The van der Waals surface area contributed by atoms with Gasteiger partial charge in [0.25, 0.3) is 0 Å². The van der Waals surface area contributed by atoms with Crippen molar-refractivity contribution in [2.24, 2.45) is 0 Å². The number of anilines is 1. The molecular weight excluding hydrogens is 386 g/mol. The summed E-state index contributed by atoms with van der Waals surface area (Å²) in [6.45, 7) is 0.425. The molecule has 3 aromatic rings. The van der Waals surface area contributed by atoms with Crippen LogP contribution in [0.3, 0.4) is 0 Å². The Balaban J connectivity index is 1.46. The lowest BCUT2D eigenvalue weighted by Gasteiger charge is -2.06. The molecular formula is C17H16BrN5O2. The molecule has 0 aliphatic rings. The molecule has 0 unspecified atom stereocenters. The number of carbonyl (C=O) groups excluding carboxylic acids is 2. The quantitative estimate of drug-likeness (QED) is 0.663. The normalized spacial score (nSPS) is 10.6. The van der Waals surface area contributed by atoms with Gasteiger partial charge in [-0.1, -0.05) is 34.1 Å². The lowest BCUT2D eigenvalue weighted by atomic mass is 10.2. The predicted octanol–water partition coefficient (Wildman–Crippen LogP) is 2.53. The fourth-order valence-corrected chi connectivity index (χ4v) is 2.72. The van der Waals surface area contributed by atoms with Gasteiger partial charge in [-0.2, -0.15) is 0 Å². The van der Waals surface area contributed by atoms with E-state index in [9.17, 15) is 9.59 Å². The molecule has 0 saturated heterocycles. The molecule has 7 nitrogen and oxygen atoms in total. The van der Waals surface area contributed by atoms with Crippen molar-refractivity contribution in [3.63, 3.8) is 0 Å². The molecule has 8 heteroatoms. The van der Waals surface area contributed by atoms with Gasteiger partial charge >= 0.3 is 0 Å². The van der Waals surface area contributed by atoms with Crippen LogP contribution in [0.25, 0.3) is 5.65 Å². The van der Waals surface area contributed by atoms with E-state index < -0.39 is 0 Å². The van der Waals surface area contributed by atoms with Crippen LogP contribution < -0.4 is 10.6 Å². The number of fused-ring (bicyclic) bond motifs is 1. The fraction of sp³-hybridized carbons (Fsp3) is 0.176. The Hall–Kier alpha value is -2.74. The Morgan fingerprint density at radius 1 is 1.04 bits per heavy atom. The summed E-state index contributed by atoms with van der Waals surface area (Å²) in [6, 6.07) is 13.1. The molecule has 3 rings (SSSR count). The summed E-state index contributed by atoms with van der Waals surface area (Å²) in [6.07, 6.45) is 1.94. The third kappa shape index (κ3) is 4.63. The van der Waals surface area contributed by atoms with E-state index in [1.54, 1.807) is 16.7 Å². The lowest BCUT2D eigenvalue weighted by molar-refractivity contribution is -0.124. The van der Waals surface area contributed by atoms with E-state index >= 15 is 0 Å². The average molecular weight is 402 g/mol. The second-order valence-electron chi connectivity index (χ2n) is 5.41. The van der Waals surface area contributed by atoms with Crippen molar-refractivity contribution < 1.29 is 9.59 Å². The van der Waals surface area contributed by atoms with Gasteiger partial charge in [-0.3, -0.25) is 19.3 Å². The number of nitrogens with zero attached hydrogens (tertiary/aromatic N) is 3. The smallest absolute Gasteiger partial charge is 0.235 e. The maximum Gasteiger partial charge on any atom is 0.235 e. The summed E-state index contributed by atoms with van der Waals surface area (Å²) in [5, 5.41) is 13.3. The van der Waals surface area contributed by atoms with Crippen molar-refractivity contribution in [2.45, 2.75) is 19.4 Å². The second-order valence-corrected chi connectivity index (χ2v) is 6.32. The zero-order chi connectivity index (χ0) is 17.6. The summed E-state index contributed by atoms with van der Waals surface area (Å²) >= 11 is 3.39. The second kappa shape index (κ2) is 7.89. The maximum atomic E-state index is 12.0. The zero-order valence-electron chi connectivity index (χ0n) is 13.3. The molecule has 25 heavy (non-hydrogen) atoms. The average Bonchev–Trinajstić information content (AvgIpc) is 3.01. The molecule has 2 aromatic heterocycles. The van der Waals surface area contributed by atoms with Crippen molar-refractivity contribution in [1.82, 2.24) is 19.9 Å². The van der Waals surface area contributed by atoms with Crippen molar-refractivity contribution in [3.8, 4) is 0 Å². The van der Waals surface area contributed by atoms with Crippen LogP contribution in [-0.4, -0.2) is 26.4 Å². The van der Waals surface area contributed by atoms with Gasteiger partial charge in [0.05, 0.1) is 0 Å². The number of nitrogens with one attached hydrogen (secondary N) is 2. The minimum absolute atomic E-state index is 0.0755. The molecule has 2 amide bonds. The summed E-state index contributed by atoms with van der Waals surface area (Å²) in [7, 11) is 0. The van der Waals surface area contributed by atoms with Crippen LogP contribution in [0.2, 0.25) is 0 Å². The van der Waals surface area contributed by atoms with E-state index in [-0.39, 0.29) is 24.7 Å². The molecule has 0 fully saturated rings. The van der Waals surface area contributed by atoms with Crippen LogP contribution >= 0.6 is 15.9 Å². The zero-order valence-corrected chi connectivity index (χ0v) is 14.9. The van der Waals surface area contributed by atoms with E-state index in [0.29, 0.717) is 18.1 Å². The first-order chi connectivity index (χ1) is 12.1. The molecule has 0 aliphatic heterocycles. The van der Waals surface area contributed by atoms with E-state index in [0.717, 1.165) is 10.0 Å². The molecule has 0 aliphatic carbocycles. The van der Waals surface area contributed by atoms with Gasteiger partial charge in [-0.25, -0.2) is 0 Å². The highest BCUT2D eigenvalue weighted by Crippen LogP contribution is 2.11. The van der Waals surface area contributed by atoms with Gasteiger partial charge in [0.1, 0.15) is 0 Å². The molecule has 0 bridgehead atoms. The highest BCUT2D eigenvalue weighted by molar-refractivity contribution is 9.10. The Morgan fingerprint density at radius 3 is 2.72 bits per heavy atom. The largest absolute Gasteiger partial charge is 0.352 e. The first kappa shape index (κ1) is 17.1. The first-order valence-electron chi connectivity index (χ1n) is 7.72. The molecule has 0 atom stereocenters. The van der Waals surface area contributed by atoms with E-state index in [4.69, 9.17) is 0 Å². The number of pyridine rings is 1. The van der Waals surface area contributed by atoms with Crippen molar-refractivity contribution in [2.75, 3.05) is 5.32 Å². The molecule has 0 radical (unpaired) electrons. The van der Waals surface area contributed by atoms with Gasteiger partial charge in [0.2, 0.25) is 17.8 Å². The standard InChI is InChI=1S/C17H16BrN5O2/c18-13-5-3-4-12(10-13)11-19-15(24)7-8-16(25)20-17-22-21-14-6-1-2-9-23(14)17/h1-6,9-10H,7-8,11H2,(H,19,24)(H,20,22,25).